The molecule has 2 rings (SSSR count). The quantitative estimate of drug-likeness (QED) is 0.367. The van der Waals surface area contributed by atoms with Crippen molar-refractivity contribution in [1.82, 2.24) is 0 Å². The standard InChI is InChI=1S/C29H28/c1-5-9-15-24(13-6-2)18-23-29(25(8-4)14-7-3)28-21-19-27(20-22-28)26-16-11-10-12-17-26/h5-23,29H,1-4H2/b15-9-,23-18+,24-13-,25-14+. The first kappa shape index (κ1) is 21.7. The predicted octanol–water partition coefficient (Wildman–Crippen LogP) is 8.15. The minimum absolute atomic E-state index is 0.0701. The normalized spacial score (nSPS) is 13.4. The van der Waals surface area contributed by atoms with Crippen molar-refractivity contribution in [3.63, 3.8) is 0 Å². The summed E-state index contributed by atoms with van der Waals surface area (Å²) in [4.78, 5) is 0. The van der Waals surface area contributed by atoms with Gasteiger partial charge in [0.05, 0.1) is 0 Å². The zero-order valence-electron chi connectivity index (χ0n) is 16.9. The molecule has 0 bridgehead atoms. The molecule has 0 aliphatic heterocycles. The Balaban J connectivity index is 2.43. The van der Waals surface area contributed by atoms with Gasteiger partial charge in [-0.25, -0.2) is 0 Å². The fourth-order valence-corrected chi connectivity index (χ4v) is 3.05. The second-order valence-corrected chi connectivity index (χ2v) is 6.43. The van der Waals surface area contributed by atoms with Gasteiger partial charge in [0.15, 0.2) is 0 Å². The topological polar surface area (TPSA) is 0 Å². The van der Waals surface area contributed by atoms with Crippen LogP contribution in [-0.2, 0) is 0 Å². The molecule has 29 heavy (non-hydrogen) atoms. The van der Waals surface area contributed by atoms with Crippen LogP contribution in [0.3, 0.4) is 0 Å². The van der Waals surface area contributed by atoms with Crippen molar-refractivity contribution in [2.75, 3.05) is 0 Å². The van der Waals surface area contributed by atoms with Crippen molar-refractivity contribution in [2.45, 2.75) is 5.92 Å². The van der Waals surface area contributed by atoms with Gasteiger partial charge < -0.3 is 0 Å². The third-order valence-electron chi connectivity index (χ3n) is 4.50. The Kier molecular flexibility index (Phi) is 8.92. The molecule has 144 valence electrons. The van der Waals surface area contributed by atoms with Gasteiger partial charge in [-0.3, -0.25) is 0 Å². The lowest BCUT2D eigenvalue weighted by Gasteiger charge is -2.16. The first-order valence-corrected chi connectivity index (χ1v) is 9.64. The van der Waals surface area contributed by atoms with Crippen LogP contribution >= 0.6 is 0 Å². The van der Waals surface area contributed by atoms with Crippen molar-refractivity contribution >= 4 is 0 Å². The van der Waals surface area contributed by atoms with E-state index in [9.17, 15) is 0 Å². The van der Waals surface area contributed by atoms with Crippen LogP contribution in [0.5, 0.6) is 0 Å². The Bertz CT molecular complexity index is 945. The number of hydrogen-bond acceptors (Lipinski definition) is 0. The second-order valence-electron chi connectivity index (χ2n) is 6.43. The van der Waals surface area contributed by atoms with Crippen LogP contribution in [0.4, 0.5) is 0 Å². The molecule has 0 aliphatic rings. The van der Waals surface area contributed by atoms with Crippen LogP contribution in [0, 0.1) is 0 Å². The first-order valence-electron chi connectivity index (χ1n) is 9.64. The van der Waals surface area contributed by atoms with Crippen LogP contribution in [0.15, 0.2) is 153 Å². The Morgan fingerprint density at radius 3 is 1.93 bits per heavy atom. The van der Waals surface area contributed by atoms with E-state index in [1.165, 1.54) is 16.7 Å². The number of allylic oxidation sites excluding steroid dienone is 12. The summed E-state index contributed by atoms with van der Waals surface area (Å²) in [6, 6.07) is 19.1. The summed E-state index contributed by atoms with van der Waals surface area (Å²) in [6.07, 6.45) is 19.4. The molecule has 0 spiro atoms. The lowest BCUT2D eigenvalue weighted by molar-refractivity contribution is 1.03. The van der Waals surface area contributed by atoms with E-state index in [4.69, 9.17) is 0 Å². The third kappa shape index (κ3) is 6.48. The minimum atomic E-state index is 0.0701. The average molecular weight is 377 g/mol. The van der Waals surface area contributed by atoms with E-state index < -0.39 is 0 Å². The number of hydrogen-bond donors (Lipinski definition) is 0. The molecule has 0 aliphatic carbocycles. The van der Waals surface area contributed by atoms with E-state index in [1.54, 1.807) is 18.2 Å². The van der Waals surface area contributed by atoms with Crippen molar-refractivity contribution in [3.8, 4) is 11.1 Å². The minimum Gasteiger partial charge on any atom is -0.0991 e. The van der Waals surface area contributed by atoms with E-state index in [0.717, 1.165) is 11.1 Å². The van der Waals surface area contributed by atoms with Crippen molar-refractivity contribution < 1.29 is 0 Å². The van der Waals surface area contributed by atoms with Crippen molar-refractivity contribution in [3.05, 3.63) is 158 Å². The molecule has 1 atom stereocenters. The zero-order chi connectivity index (χ0) is 20.9. The van der Waals surface area contributed by atoms with Gasteiger partial charge in [-0.15, -0.1) is 0 Å². The molecule has 0 aromatic heterocycles. The molecule has 0 radical (unpaired) electrons. The van der Waals surface area contributed by atoms with Gasteiger partial charge in [0.25, 0.3) is 0 Å². The lowest BCUT2D eigenvalue weighted by atomic mass is 9.88. The van der Waals surface area contributed by atoms with E-state index >= 15 is 0 Å². The van der Waals surface area contributed by atoms with Gasteiger partial charge in [-0.1, -0.05) is 142 Å². The Labute approximate surface area is 175 Å². The summed E-state index contributed by atoms with van der Waals surface area (Å²) in [5, 5.41) is 0. The molecule has 2 aromatic carbocycles. The van der Waals surface area contributed by atoms with Crippen LogP contribution in [0.1, 0.15) is 11.5 Å². The summed E-state index contributed by atoms with van der Waals surface area (Å²) in [6.45, 7) is 15.4. The second kappa shape index (κ2) is 11.9. The van der Waals surface area contributed by atoms with E-state index in [2.05, 4.69) is 87.0 Å². The molecule has 0 heteroatoms. The van der Waals surface area contributed by atoms with Crippen LogP contribution in [-0.4, -0.2) is 0 Å². The highest BCUT2D eigenvalue weighted by molar-refractivity contribution is 5.64. The van der Waals surface area contributed by atoms with Crippen LogP contribution in [0.2, 0.25) is 0 Å². The first-order chi connectivity index (χ1) is 14.2. The summed E-state index contributed by atoms with van der Waals surface area (Å²) in [7, 11) is 0. The van der Waals surface area contributed by atoms with Gasteiger partial charge >= 0.3 is 0 Å². The smallest absolute Gasteiger partial charge is 0.0272 e. The largest absolute Gasteiger partial charge is 0.0991 e. The van der Waals surface area contributed by atoms with Gasteiger partial charge in [-0.05, 0) is 27.8 Å². The van der Waals surface area contributed by atoms with E-state index in [1.807, 2.05) is 36.4 Å². The third-order valence-corrected chi connectivity index (χ3v) is 4.50. The van der Waals surface area contributed by atoms with E-state index in [-0.39, 0.29) is 5.92 Å². The van der Waals surface area contributed by atoms with Crippen molar-refractivity contribution in [2.24, 2.45) is 0 Å². The van der Waals surface area contributed by atoms with Crippen molar-refractivity contribution in [1.29, 1.82) is 0 Å². The Morgan fingerprint density at radius 1 is 0.690 bits per heavy atom. The Morgan fingerprint density at radius 2 is 1.34 bits per heavy atom. The fraction of sp³-hybridized carbons (Fsp3) is 0.0345. The molecule has 0 saturated carbocycles. The van der Waals surface area contributed by atoms with Gasteiger partial charge in [0, 0.05) is 5.92 Å². The molecular weight excluding hydrogens is 348 g/mol. The SMILES string of the molecule is C=C\C=C/C(=C/C=C)/C=C/C(/C(C=C)=C/C=C)c1ccc(-c2ccccc2)cc1. The molecule has 1 unspecified atom stereocenters. The summed E-state index contributed by atoms with van der Waals surface area (Å²) < 4.78 is 0. The monoisotopic (exact) mass is 376 g/mol. The molecule has 0 saturated heterocycles. The van der Waals surface area contributed by atoms with Gasteiger partial charge in [-0.2, -0.15) is 0 Å². The molecule has 0 heterocycles. The molecule has 0 N–H and O–H groups in total. The van der Waals surface area contributed by atoms with E-state index in [0.29, 0.717) is 0 Å². The van der Waals surface area contributed by atoms with Gasteiger partial charge in [0.1, 0.15) is 0 Å². The maximum atomic E-state index is 4.00. The van der Waals surface area contributed by atoms with Gasteiger partial charge in [0.2, 0.25) is 0 Å². The lowest BCUT2D eigenvalue weighted by Crippen LogP contribution is -1.98. The molecule has 0 amide bonds. The summed E-state index contributed by atoms with van der Waals surface area (Å²) in [5.74, 6) is 0.0701. The average Bonchev–Trinajstić information content (AvgIpc) is 2.77. The number of rotatable bonds is 10. The maximum Gasteiger partial charge on any atom is 0.0272 e. The number of benzene rings is 2. The summed E-state index contributed by atoms with van der Waals surface area (Å²) >= 11 is 0. The molecule has 0 nitrogen and oxygen atoms in total. The fourth-order valence-electron chi connectivity index (χ4n) is 3.05. The molecular formula is C29H28. The highest BCUT2D eigenvalue weighted by Crippen LogP contribution is 2.30. The molecule has 0 fully saturated rings. The Hall–Kier alpha value is -3.64. The zero-order valence-corrected chi connectivity index (χ0v) is 16.9. The maximum absolute atomic E-state index is 4.00. The van der Waals surface area contributed by atoms with Crippen LogP contribution in [0.25, 0.3) is 11.1 Å². The molecule has 2 aromatic rings. The highest BCUT2D eigenvalue weighted by atomic mass is 14.2. The van der Waals surface area contributed by atoms with Crippen LogP contribution < -0.4 is 0 Å². The highest BCUT2D eigenvalue weighted by Gasteiger charge is 2.11. The predicted molar refractivity (Wildman–Crippen MR) is 130 cm³/mol. The summed E-state index contributed by atoms with van der Waals surface area (Å²) in [5.41, 5.74) is 5.75.